The molecule has 0 aliphatic rings. The Bertz CT molecular complexity index is 1130. The van der Waals surface area contributed by atoms with Crippen molar-refractivity contribution in [3.05, 3.63) is 65.9 Å². The van der Waals surface area contributed by atoms with Gasteiger partial charge in [-0.2, -0.15) is 4.72 Å². The molecule has 0 saturated carbocycles. The molecule has 0 fully saturated rings. The van der Waals surface area contributed by atoms with Crippen LogP contribution in [-0.2, 0) is 10.0 Å². The van der Waals surface area contributed by atoms with Gasteiger partial charge in [0.1, 0.15) is 12.4 Å². The minimum absolute atomic E-state index is 0.0261. The second-order valence-corrected chi connectivity index (χ2v) is 7.83. The van der Waals surface area contributed by atoms with E-state index in [4.69, 9.17) is 4.74 Å². The van der Waals surface area contributed by atoms with E-state index < -0.39 is 10.0 Å². The van der Waals surface area contributed by atoms with Crippen molar-refractivity contribution >= 4 is 20.9 Å². The lowest BCUT2D eigenvalue weighted by Crippen LogP contribution is -2.24. The lowest BCUT2D eigenvalue weighted by molar-refractivity contribution is 0.370. The Labute approximate surface area is 159 Å². The highest BCUT2D eigenvalue weighted by molar-refractivity contribution is 7.89. The SMILES string of the molecule is Cc1ccc(S(=O)(=O)NCC#CCOc2ccc3cccnc3c2)c(C)c1. The Morgan fingerprint density at radius 2 is 1.93 bits per heavy atom. The molecular weight excluding hydrogens is 360 g/mol. The summed E-state index contributed by atoms with van der Waals surface area (Å²) in [6.45, 7) is 3.90. The predicted octanol–water partition coefficient (Wildman–Crippen LogP) is 3.21. The molecule has 1 aromatic heterocycles. The highest BCUT2D eigenvalue weighted by Crippen LogP contribution is 2.18. The molecular formula is C21H20N2O3S. The fourth-order valence-electron chi connectivity index (χ4n) is 2.68. The maximum absolute atomic E-state index is 12.3. The Balaban J connectivity index is 1.54. The minimum Gasteiger partial charge on any atom is -0.481 e. The number of hydrogen-bond acceptors (Lipinski definition) is 4. The van der Waals surface area contributed by atoms with Gasteiger partial charge in [0.15, 0.2) is 0 Å². The van der Waals surface area contributed by atoms with E-state index in [0.29, 0.717) is 11.3 Å². The molecule has 0 saturated heterocycles. The highest BCUT2D eigenvalue weighted by Gasteiger charge is 2.15. The van der Waals surface area contributed by atoms with Gasteiger partial charge in [0.2, 0.25) is 10.0 Å². The number of ether oxygens (including phenoxy) is 1. The van der Waals surface area contributed by atoms with E-state index >= 15 is 0 Å². The molecule has 0 amide bonds. The molecule has 5 nitrogen and oxygen atoms in total. The fourth-order valence-corrected chi connectivity index (χ4v) is 3.83. The first-order chi connectivity index (χ1) is 13.0. The molecule has 27 heavy (non-hydrogen) atoms. The summed E-state index contributed by atoms with van der Waals surface area (Å²) in [5, 5.41) is 1.04. The van der Waals surface area contributed by atoms with Gasteiger partial charge in [-0.1, -0.05) is 35.6 Å². The van der Waals surface area contributed by atoms with E-state index in [-0.39, 0.29) is 18.0 Å². The number of pyridine rings is 1. The van der Waals surface area contributed by atoms with Gasteiger partial charge in [-0.3, -0.25) is 4.98 Å². The first-order valence-corrected chi connectivity index (χ1v) is 9.94. The summed E-state index contributed by atoms with van der Waals surface area (Å²) in [6, 6.07) is 14.7. The molecule has 0 radical (unpaired) electrons. The largest absolute Gasteiger partial charge is 0.481 e. The molecule has 0 unspecified atom stereocenters. The van der Waals surface area contributed by atoms with Crippen LogP contribution in [0.2, 0.25) is 0 Å². The Morgan fingerprint density at radius 1 is 1.07 bits per heavy atom. The standard InChI is InChI=1S/C21H20N2O3S/c1-16-7-10-21(17(2)14-16)27(24,25)23-12-3-4-13-26-19-9-8-18-6-5-11-22-20(18)15-19/h5-11,14-15,23H,12-13H2,1-2H3. The molecule has 3 rings (SSSR count). The zero-order valence-corrected chi connectivity index (χ0v) is 16.0. The van der Waals surface area contributed by atoms with E-state index in [1.807, 2.05) is 43.3 Å². The van der Waals surface area contributed by atoms with Crippen molar-refractivity contribution in [3.63, 3.8) is 0 Å². The number of aryl methyl sites for hydroxylation is 2. The van der Waals surface area contributed by atoms with Gasteiger partial charge in [0, 0.05) is 17.6 Å². The molecule has 138 valence electrons. The van der Waals surface area contributed by atoms with Crippen LogP contribution in [0.4, 0.5) is 0 Å². The summed E-state index contributed by atoms with van der Waals surface area (Å²) in [4.78, 5) is 4.55. The summed E-state index contributed by atoms with van der Waals surface area (Å²) >= 11 is 0. The number of nitrogens with one attached hydrogen (secondary N) is 1. The van der Waals surface area contributed by atoms with Crippen LogP contribution in [0.15, 0.2) is 59.6 Å². The van der Waals surface area contributed by atoms with Crippen molar-refractivity contribution in [2.75, 3.05) is 13.2 Å². The lowest BCUT2D eigenvalue weighted by Gasteiger charge is -2.08. The van der Waals surface area contributed by atoms with Crippen LogP contribution in [0.1, 0.15) is 11.1 Å². The second-order valence-electron chi connectivity index (χ2n) is 6.09. The van der Waals surface area contributed by atoms with E-state index in [2.05, 4.69) is 21.5 Å². The number of rotatable bonds is 5. The van der Waals surface area contributed by atoms with Gasteiger partial charge in [0.05, 0.1) is 17.0 Å². The van der Waals surface area contributed by atoms with E-state index in [1.54, 1.807) is 25.3 Å². The van der Waals surface area contributed by atoms with Crippen LogP contribution in [0, 0.1) is 25.7 Å². The summed E-state index contributed by atoms with van der Waals surface area (Å²) in [5.41, 5.74) is 2.58. The monoisotopic (exact) mass is 380 g/mol. The molecule has 0 aliphatic heterocycles. The molecule has 1 N–H and O–H groups in total. The minimum atomic E-state index is -3.57. The van der Waals surface area contributed by atoms with Gasteiger partial charge in [-0.15, -0.1) is 0 Å². The number of fused-ring (bicyclic) bond motifs is 1. The third-order valence-corrected chi connectivity index (χ3v) is 5.55. The van der Waals surface area contributed by atoms with E-state index in [9.17, 15) is 8.42 Å². The topological polar surface area (TPSA) is 68.3 Å². The number of sulfonamides is 1. The first kappa shape index (κ1) is 18.9. The predicted molar refractivity (Wildman–Crippen MR) is 106 cm³/mol. The van der Waals surface area contributed by atoms with Crippen molar-refractivity contribution in [1.29, 1.82) is 0 Å². The van der Waals surface area contributed by atoms with Gasteiger partial charge < -0.3 is 4.74 Å². The quantitative estimate of drug-likeness (QED) is 0.690. The van der Waals surface area contributed by atoms with Crippen LogP contribution in [0.3, 0.4) is 0 Å². The van der Waals surface area contributed by atoms with Crippen molar-refractivity contribution in [1.82, 2.24) is 9.71 Å². The maximum atomic E-state index is 12.3. The molecule has 2 aromatic carbocycles. The summed E-state index contributed by atoms with van der Waals surface area (Å²) < 4.78 is 32.7. The van der Waals surface area contributed by atoms with Crippen LogP contribution in [-0.4, -0.2) is 26.6 Å². The maximum Gasteiger partial charge on any atom is 0.241 e. The number of nitrogens with zero attached hydrogens (tertiary/aromatic N) is 1. The molecule has 0 spiro atoms. The Hall–Kier alpha value is -2.88. The van der Waals surface area contributed by atoms with E-state index in [1.165, 1.54) is 0 Å². The van der Waals surface area contributed by atoms with Crippen molar-refractivity contribution in [2.24, 2.45) is 0 Å². The average molecular weight is 380 g/mol. The van der Waals surface area contributed by atoms with Gasteiger partial charge in [-0.05, 0) is 43.7 Å². The molecule has 0 atom stereocenters. The second kappa shape index (κ2) is 8.21. The molecule has 0 bridgehead atoms. The van der Waals surface area contributed by atoms with Crippen LogP contribution in [0.5, 0.6) is 5.75 Å². The average Bonchev–Trinajstić information content (AvgIpc) is 2.64. The summed E-state index contributed by atoms with van der Waals surface area (Å²) in [6.07, 6.45) is 1.73. The van der Waals surface area contributed by atoms with Crippen LogP contribution >= 0.6 is 0 Å². The third kappa shape index (κ3) is 4.85. The van der Waals surface area contributed by atoms with Crippen molar-refractivity contribution in [3.8, 4) is 17.6 Å². The van der Waals surface area contributed by atoms with Crippen LogP contribution in [0.25, 0.3) is 10.9 Å². The zero-order chi connectivity index (χ0) is 19.3. The van der Waals surface area contributed by atoms with Crippen molar-refractivity contribution in [2.45, 2.75) is 18.7 Å². The zero-order valence-electron chi connectivity index (χ0n) is 15.2. The number of benzene rings is 2. The molecule has 1 heterocycles. The Morgan fingerprint density at radius 3 is 2.74 bits per heavy atom. The molecule has 3 aromatic rings. The Kier molecular flexibility index (Phi) is 5.75. The van der Waals surface area contributed by atoms with Gasteiger partial charge in [-0.25, -0.2) is 8.42 Å². The van der Waals surface area contributed by atoms with Crippen molar-refractivity contribution < 1.29 is 13.2 Å². The normalized spacial score (nSPS) is 11.0. The number of aromatic nitrogens is 1. The summed E-state index contributed by atoms with van der Waals surface area (Å²) in [5.74, 6) is 6.25. The fraction of sp³-hybridized carbons (Fsp3) is 0.190. The highest BCUT2D eigenvalue weighted by atomic mass is 32.2. The lowest BCUT2D eigenvalue weighted by atomic mass is 10.2. The summed E-state index contributed by atoms with van der Waals surface area (Å²) in [7, 11) is -3.57. The number of hydrogen-bond donors (Lipinski definition) is 1. The van der Waals surface area contributed by atoms with Gasteiger partial charge >= 0.3 is 0 Å². The molecule has 0 aliphatic carbocycles. The first-order valence-electron chi connectivity index (χ1n) is 8.46. The van der Waals surface area contributed by atoms with Crippen LogP contribution < -0.4 is 9.46 Å². The van der Waals surface area contributed by atoms with Gasteiger partial charge in [0.25, 0.3) is 0 Å². The molecule has 6 heteroatoms. The third-order valence-electron chi connectivity index (χ3n) is 3.98. The van der Waals surface area contributed by atoms with E-state index in [0.717, 1.165) is 16.5 Å². The smallest absolute Gasteiger partial charge is 0.241 e.